The third-order valence-corrected chi connectivity index (χ3v) is 4.65. The van der Waals surface area contributed by atoms with E-state index >= 15 is 0 Å². The lowest BCUT2D eigenvalue weighted by molar-refractivity contribution is -0.135. The van der Waals surface area contributed by atoms with Crippen LogP contribution in [0.4, 0.5) is 0 Å². The Morgan fingerprint density at radius 1 is 1.33 bits per heavy atom. The van der Waals surface area contributed by atoms with E-state index in [0.717, 1.165) is 32.4 Å². The molecule has 0 spiro atoms. The fraction of sp³-hybridized carbons (Fsp3) is 0.929. The molecule has 4 nitrogen and oxygen atoms in total. The van der Waals surface area contributed by atoms with E-state index in [-0.39, 0.29) is 17.9 Å². The van der Waals surface area contributed by atoms with Crippen molar-refractivity contribution in [2.45, 2.75) is 51.1 Å². The van der Waals surface area contributed by atoms with Crippen molar-refractivity contribution >= 4 is 5.91 Å². The number of likely N-dealkylation sites (tertiary alicyclic amines) is 1. The minimum atomic E-state index is 0.0754. The van der Waals surface area contributed by atoms with Crippen molar-refractivity contribution in [2.75, 3.05) is 26.7 Å². The minimum absolute atomic E-state index is 0.0754. The van der Waals surface area contributed by atoms with Gasteiger partial charge in [0.15, 0.2) is 0 Å². The van der Waals surface area contributed by atoms with Gasteiger partial charge in [0.1, 0.15) is 0 Å². The first-order valence-corrected chi connectivity index (χ1v) is 7.38. The van der Waals surface area contributed by atoms with Crippen molar-refractivity contribution < 1.29 is 4.79 Å². The summed E-state index contributed by atoms with van der Waals surface area (Å²) in [4.78, 5) is 16.8. The molecule has 1 heterocycles. The molecule has 3 unspecified atom stereocenters. The van der Waals surface area contributed by atoms with Crippen molar-refractivity contribution in [3.8, 4) is 0 Å². The summed E-state index contributed by atoms with van der Waals surface area (Å²) in [6, 6.07) is 0.646. The quantitative estimate of drug-likeness (QED) is 0.815. The average Bonchev–Trinajstić information content (AvgIpc) is 2.96. The smallest absolute Gasteiger partial charge is 0.227 e. The third-order valence-electron chi connectivity index (χ3n) is 4.65. The zero-order valence-corrected chi connectivity index (χ0v) is 11.8. The highest BCUT2D eigenvalue weighted by Gasteiger charge is 2.33. The Hall–Kier alpha value is -0.610. The van der Waals surface area contributed by atoms with Gasteiger partial charge in [-0.1, -0.05) is 13.3 Å². The Morgan fingerprint density at radius 2 is 2.11 bits per heavy atom. The summed E-state index contributed by atoms with van der Waals surface area (Å²) in [6.07, 6.45) is 5.59. The van der Waals surface area contributed by atoms with Gasteiger partial charge in [-0.05, 0) is 38.8 Å². The molecule has 2 aliphatic rings. The van der Waals surface area contributed by atoms with Crippen LogP contribution < -0.4 is 5.73 Å². The lowest BCUT2D eigenvalue weighted by atomic mass is 10.0. The molecule has 2 rings (SSSR count). The molecule has 4 heteroatoms. The molecule has 0 bridgehead atoms. The van der Waals surface area contributed by atoms with E-state index in [0.29, 0.717) is 6.04 Å². The van der Waals surface area contributed by atoms with Crippen LogP contribution >= 0.6 is 0 Å². The van der Waals surface area contributed by atoms with Gasteiger partial charge < -0.3 is 10.6 Å². The average molecular weight is 253 g/mol. The number of hydrogen-bond acceptors (Lipinski definition) is 3. The van der Waals surface area contributed by atoms with Gasteiger partial charge in [-0.3, -0.25) is 9.69 Å². The molecule has 2 fully saturated rings. The van der Waals surface area contributed by atoms with Crippen molar-refractivity contribution in [3.05, 3.63) is 0 Å². The summed E-state index contributed by atoms with van der Waals surface area (Å²) >= 11 is 0. The summed E-state index contributed by atoms with van der Waals surface area (Å²) in [6.45, 7) is 5.35. The van der Waals surface area contributed by atoms with Crippen molar-refractivity contribution in [2.24, 2.45) is 11.7 Å². The van der Waals surface area contributed by atoms with Crippen LogP contribution in [-0.2, 0) is 4.79 Å². The molecule has 1 saturated heterocycles. The minimum Gasteiger partial charge on any atom is -0.344 e. The van der Waals surface area contributed by atoms with Crippen LogP contribution in [-0.4, -0.2) is 54.5 Å². The van der Waals surface area contributed by atoms with Gasteiger partial charge >= 0.3 is 0 Å². The van der Waals surface area contributed by atoms with Gasteiger partial charge in [0, 0.05) is 25.7 Å². The molecule has 0 radical (unpaired) electrons. The number of nitrogens with two attached hydrogens (primary N) is 1. The first kappa shape index (κ1) is 13.8. The molecule has 1 aliphatic heterocycles. The van der Waals surface area contributed by atoms with E-state index < -0.39 is 0 Å². The molecular weight excluding hydrogens is 226 g/mol. The summed E-state index contributed by atoms with van der Waals surface area (Å²) in [5.74, 6) is 0.342. The Labute approximate surface area is 110 Å². The summed E-state index contributed by atoms with van der Waals surface area (Å²) in [5.41, 5.74) is 6.02. The summed E-state index contributed by atoms with van der Waals surface area (Å²) < 4.78 is 0. The van der Waals surface area contributed by atoms with Gasteiger partial charge in [-0.2, -0.15) is 0 Å². The standard InChI is InChI=1S/C14H27N3O/c1-3-17-9-5-6-11(17)10-16(2)14(18)12-7-4-8-13(12)15/h11-13H,3-10,15H2,1-2H3. The number of carbonyl (C=O) groups is 1. The number of nitrogens with zero attached hydrogens (tertiary/aromatic N) is 2. The van der Waals surface area contributed by atoms with Crippen LogP contribution in [0.1, 0.15) is 39.0 Å². The van der Waals surface area contributed by atoms with Crippen molar-refractivity contribution in [3.63, 3.8) is 0 Å². The van der Waals surface area contributed by atoms with Crippen LogP contribution in [0.15, 0.2) is 0 Å². The highest BCUT2D eigenvalue weighted by molar-refractivity contribution is 5.79. The zero-order chi connectivity index (χ0) is 13.1. The number of amides is 1. The molecule has 0 aromatic carbocycles. The molecule has 1 saturated carbocycles. The van der Waals surface area contributed by atoms with Crippen LogP contribution in [0, 0.1) is 5.92 Å². The van der Waals surface area contributed by atoms with E-state index in [4.69, 9.17) is 5.73 Å². The predicted molar refractivity (Wildman–Crippen MR) is 73.2 cm³/mol. The summed E-state index contributed by atoms with van der Waals surface area (Å²) in [5, 5.41) is 0. The SMILES string of the molecule is CCN1CCCC1CN(C)C(=O)C1CCCC1N. The van der Waals surface area contributed by atoms with Crippen LogP contribution in [0.3, 0.4) is 0 Å². The van der Waals surface area contributed by atoms with E-state index in [1.165, 1.54) is 19.4 Å². The summed E-state index contributed by atoms with van der Waals surface area (Å²) in [7, 11) is 1.94. The largest absolute Gasteiger partial charge is 0.344 e. The van der Waals surface area contributed by atoms with Gasteiger partial charge in [-0.25, -0.2) is 0 Å². The molecule has 18 heavy (non-hydrogen) atoms. The van der Waals surface area contributed by atoms with Crippen LogP contribution in [0.5, 0.6) is 0 Å². The fourth-order valence-corrected chi connectivity index (χ4v) is 3.50. The van der Waals surface area contributed by atoms with Crippen molar-refractivity contribution in [1.82, 2.24) is 9.80 Å². The Bertz CT molecular complexity index is 295. The zero-order valence-electron chi connectivity index (χ0n) is 11.8. The Morgan fingerprint density at radius 3 is 2.72 bits per heavy atom. The second-order valence-corrected chi connectivity index (χ2v) is 5.84. The van der Waals surface area contributed by atoms with Crippen LogP contribution in [0.2, 0.25) is 0 Å². The highest BCUT2D eigenvalue weighted by Crippen LogP contribution is 2.26. The fourth-order valence-electron chi connectivity index (χ4n) is 3.50. The second kappa shape index (κ2) is 6.02. The number of likely N-dealkylation sites (N-methyl/N-ethyl adjacent to an activating group) is 2. The lowest BCUT2D eigenvalue weighted by Crippen LogP contribution is -2.45. The van der Waals surface area contributed by atoms with Gasteiger partial charge in [-0.15, -0.1) is 0 Å². The first-order valence-electron chi connectivity index (χ1n) is 7.38. The van der Waals surface area contributed by atoms with Gasteiger partial charge in [0.25, 0.3) is 0 Å². The van der Waals surface area contributed by atoms with Crippen LogP contribution in [0.25, 0.3) is 0 Å². The Kier molecular flexibility index (Phi) is 4.62. The van der Waals surface area contributed by atoms with Gasteiger partial charge in [0.2, 0.25) is 5.91 Å². The number of hydrogen-bond donors (Lipinski definition) is 1. The van der Waals surface area contributed by atoms with E-state index in [9.17, 15) is 4.79 Å². The van der Waals surface area contributed by atoms with E-state index in [2.05, 4.69) is 11.8 Å². The molecule has 0 aromatic rings. The number of rotatable bonds is 4. The normalized spacial score (nSPS) is 32.9. The molecule has 0 aromatic heterocycles. The topological polar surface area (TPSA) is 49.6 Å². The molecule has 104 valence electrons. The molecule has 3 atom stereocenters. The third kappa shape index (κ3) is 2.86. The van der Waals surface area contributed by atoms with Crippen molar-refractivity contribution in [1.29, 1.82) is 0 Å². The van der Waals surface area contributed by atoms with E-state index in [1.54, 1.807) is 0 Å². The lowest BCUT2D eigenvalue weighted by Gasteiger charge is -2.30. The first-order chi connectivity index (χ1) is 8.63. The molecule has 2 N–H and O–H groups in total. The molecule has 1 aliphatic carbocycles. The highest BCUT2D eigenvalue weighted by atomic mass is 16.2. The Balaban J connectivity index is 1.87. The second-order valence-electron chi connectivity index (χ2n) is 5.84. The molecular formula is C14H27N3O. The van der Waals surface area contributed by atoms with Gasteiger partial charge in [0.05, 0.1) is 5.92 Å². The maximum Gasteiger partial charge on any atom is 0.227 e. The monoisotopic (exact) mass is 253 g/mol. The van der Waals surface area contributed by atoms with E-state index in [1.807, 2.05) is 11.9 Å². The predicted octanol–water partition coefficient (Wildman–Crippen LogP) is 1.06. The maximum absolute atomic E-state index is 12.4. The maximum atomic E-state index is 12.4. The number of carbonyl (C=O) groups excluding carboxylic acids is 1. The molecule has 1 amide bonds.